The van der Waals surface area contributed by atoms with Crippen molar-refractivity contribution in [3.63, 3.8) is 0 Å². The summed E-state index contributed by atoms with van der Waals surface area (Å²) in [6.45, 7) is 5.97. The molecule has 23 heavy (non-hydrogen) atoms. The minimum absolute atomic E-state index is 0.183. The highest BCUT2D eigenvalue weighted by Crippen LogP contribution is 2.26. The maximum absolute atomic E-state index is 11.7. The van der Waals surface area contributed by atoms with E-state index < -0.39 is 0 Å². The molecular weight excluding hydrogens is 292 g/mol. The first-order valence-electron chi connectivity index (χ1n) is 7.28. The SMILES string of the molecule is CNC(=O)c1nc(-c2ccc(C)cc2-n2nc(C)cc2C)n[nH]1. The highest BCUT2D eigenvalue weighted by atomic mass is 16.2. The van der Waals surface area contributed by atoms with E-state index in [4.69, 9.17) is 0 Å². The summed E-state index contributed by atoms with van der Waals surface area (Å²) in [4.78, 5) is 15.9. The molecule has 0 radical (unpaired) electrons. The standard InChI is InChI=1S/C16H18N6O/c1-9-5-6-12(14-18-15(20-19-14)16(23)17-4)13(7-9)22-11(3)8-10(2)21-22/h5-8H,1-4H3,(H,17,23)(H,18,19,20). The monoisotopic (exact) mass is 310 g/mol. The molecule has 0 aliphatic rings. The second kappa shape index (κ2) is 5.68. The fraction of sp³-hybridized carbons (Fsp3) is 0.250. The van der Waals surface area contributed by atoms with Crippen LogP contribution < -0.4 is 5.32 Å². The van der Waals surface area contributed by atoms with Crippen molar-refractivity contribution in [3.05, 3.63) is 47.0 Å². The van der Waals surface area contributed by atoms with E-state index in [9.17, 15) is 4.79 Å². The molecule has 0 atom stereocenters. The summed E-state index contributed by atoms with van der Waals surface area (Å²) in [5, 5.41) is 13.9. The number of aromatic nitrogens is 5. The summed E-state index contributed by atoms with van der Waals surface area (Å²) >= 11 is 0. The summed E-state index contributed by atoms with van der Waals surface area (Å²) in [5.41, 5.74) is 4.78. The Morgan fingerprint density at radius 3 is 2.65 bits per heavy atom. The van der Waals surface area contributed by atoms with Crippen molar-refractivity contribution in [1.29, 1.82) is 0 Å². The van der Waals surface area contributed by atoms with Crippen LogP contribution >= 0.6 is 0 Å². The number of H-pyrrole nitrogens is 1. The molecule has 2 heterocycles. The third-order valence-electron chi connectivity index (χ3n) is 3.56. The van der Waals surface area contributed by atoms with Gasteiger partial charge < -0.3 is 5.32 Å². The molecule has 2 aromatic heterocycles. The average molecular weight is 310 g/mol. The number of hydrogen-bond acceptors (Lipinski definition) is 4. The van der Waals surface area contributed by atoms with Gasteiger partial charge in [0.2, 0.25) is 5.82 Å². The molecule has 0 saturated heterocycles. The predicted octanol–water partition coefficient (Wildman–Crippen LogP) is 1.94. The van der Waals surface area contributed by atoms with Gasteiger partial charge in [-0.2, -0.15) is 10.2 Å². The molecule has 1 amide bonds. The number of aromatic amines is 1. The van der Waals surface area contributed by atoms with Gasteiger partial charge in [-0.25, -0.2) is 9.67 Å². The summed E-state index contributed by atoms with van der Waals surface area (Å²) in [6, 6.07) is 7.98. The lowest BCUT2D eigenvalue weighted by Crippen LogP contribution is -2.19. The van der Waals surface area contributed by atoms with Gasteiger partial charge in [0.15, 0.2) is 5.82 Å². The number of rotatable bonds is 3. The average Bonchev–Trinajstić information content (AvgIpc) is 3.13. The Morgan fingerprint density at radius 2 is 2.00 bits per heavy atom. The molecule has 3 rings (SSSR count). The molecule has 0 fully saturated rings. The Bertz CT molecular complexity index is 877. The van der Waals surface area contributed by atoms with Crippen molar-refractivity contribution >= 4 is 5.91 Å². The van der Waals surface area contributed by atoms with Gasteiger partial charge in [0.05, 0.1) is 11.4 Å². The zero-order valence-corrected chi connectivity index (χ0v) is 13.5. The van der Waals surface area contributed by atoms with Gasteiger partial charge >= 0.3 is 0 Å². The van der Waals surface area contributed by atoms with Crippen LogP contribution in [-0.4, -0.2) is 37.9 Å². The molecule has 1 aromatic carbocycles. The van der Waals surface area contributed by atoms with E-state index in [0.717, 1.165) is 28.2 Å². The van der Waals surface area contributed by atoms with Crippen LogP contribution in [0.4, 0.5) is 0 Å². The number of carbonyl (C=O) groups excluding carboxylic acids is 1. The van der Waals surface area contributed by atoms with Crippen LogP contribution in [0.25, 0.3) is 17.1 Å². The molecular formula is C16H18N6O. The van der Waals surface area contributed by atoms with Crippen LogP contribution in [-0.2, 0) is 0 Å². The normalized spacial score (nSPS) is 10.8. The highest BCUT2D eigenvalue weighted by molar-refractivity contribution is 5.90. The molecule has 0 aliphatic heterocycles. The number of nitrogens with zero attached hydrogens (tertiary/aromatic N) is 4. The Kier molecular flexibility index (Phi) is 3.69. The van der Waals surface area contributed by atoms with Gasteiger partial charge in [0.1, 0.15) is 0 Å². The van der Waals surface area contributed by atoms with E-state index in [2.05, 4.69) is 25.6 Å². The number of nitrogens with one attached hydrogen (secondary N) is 2. The predicted molar refractivity (Wildman–Crippen MR) is 86.5 cm³/mol. The van der Waals surface area contributed by atoms with Crippen molar-refractivity contribution in [3.8, 4) is 17.1 Å². The topological polar surface area (TPSA) is 88.5 Å². The van der Waals surface area contributed by atoms with Gasteiger partial charge in [0.25, 0.3) is 5.91 Å². The molecule has 0 saturated carbocycles. The molecule has 7 heteroatoms. The smallest absolute Gasteiger partial charge is 0.288 e. The van der Waals surface area contributed by atoms with Crippen LogP contribution in [0, 0.1) is 20.8 Å². The minimum Gasteiger partial charge on any atom is -0.352 e. The Balaban J connectivity index is 2.15. The number of amides is 1. The van der Waals surface area contributed by atoms with E-state index in [1.165, 1.54) is 0 Å². The third-order valence-corrected chi connectivity index (χ3v) is 3.56. The molecule has 0 unspecified atom stereocenters. The zero-order chi connectivity index (χ0) is 16.6. The molecule has 118 valence electrons. The van der Waals surface area contributed by atoms with Gasteiger partial charge in [-0.1, -0.05) is 6.07 Å². The van der Waals surface area contributed by atoms with Crippen molar-refractivity contribution in [2.75, 3.05) is 7.05 Å². The molecule has 7 nitrogen and oxygen atoms in total. The van der Waals surface area contributed by atoms with Gasteiger partial charge in [-0.15, -0.1) is 0 Å². The summed E-state index contributed by atoms with van der Waals surface area (Å²) in [7, 11) is 1.55. The third kappa shape index (κ3) is 2.73. The summed E-state index contributed by atoms with van der Waals surface area (Å²) < 4.78 is 1.87. The number of hydrogen-bond donors (Lipinski definition) is 2. The van der Waals surface area contributed by atoms with Crippen LogP contribution in [0.3, 0.4) is 0 Å². The lowest BCUT2D eigenvalue weighted by Gasteiger charge is -2.10. The van der Waals surface area contributed by atoms with Crippen molar-refractivity contribution < 1.29 is 4.79 Å². The minimum atomic E-state index is -0.302. The number of benzene rings is 1. The lowest BCUT2D eigenvalue weighted by atomic mass is 10.1. The van der Waals surface area contributed by atoms with Crippen LogP contribution in [0.5, 0.6) is 0 Å². The highest BCUT2D eigenvalue weighted by Gasteiger charge is 2.16. The van der Waals surface area contributed by atoms with E-state index in [-0.39, 0.29) is 11.7 Å². The fourth-order valence-electron chi connectivity index (χ4n) is 2.48. The van der Waals surface area contributed by atoms with Gasteiger partial charge in [-0.05, 0) is 44.5 Å². The Morgan fingerprint density at radius 1 is 1.22 bits per heavy atom. The van der Waals surface area contributed by atoms with Crippen molar-refractivity contribution in [2.24, 2.45) is 0 Å². The van der Waals surface area contributed by atoms with Crippen molar-refractivity contribution in [2.45, 2.75) is 20.8 Å². The van der Waals surface area contributed by atoms with Crippen LogP contribution in [0.1, 0.15) is 27.6 Å². The first-order valence-corrected chi connectivity index (χ1v) is 7.28. The molecule has 0 bridgehead atoms. The Hall–Kier alpha value is -2.96. The quantitative estimate of drug-likeness (QED) is 0.774. The zero-order valence-electron chi connectivity index (χ0n) is 13.5. The van der Waals surface area contributed by atoms with Crippen LogP contribution in [0.2, 0.25) is 0 Å². The first-order chi connectivity index (χ1) is 11.0. The van der Waals surface area contributed by atoms with E-state index in [1.54, 1.807) is 7.05 Å². The van der Waals surface area contributed by atoms with E-state index in [0.29, 0.717) is 5.82 Å². The largest absolute Gasteiger partial charge is 0.352 e. The first kappa shape index (κ1) is 15.0. The van der Waals surface area contributed by atoms with E-state index >= 15 is 0 Å². The molecule has 0 aliphatic carbocycles. The summed E-state index contributed by atoms with van der Waals surface area (Å²) in [5.74, 6) is 0.345. The van der Waals surface area contributed by atoms with Crippen LogP contribution in [0.15, 0.2) is 24.3 Å². The molecule has 2 N–H and O–H groups in total. The second-order valence-electron chi connectivity index (χ2n) is 5.45. The van der Waals surface area contributed by atoms with Crippen molar-refractivity contribution in [1.82, 2.24) is 30.3 Å². The molecule has 0 spiro atoms. The molecule has 3 aromatic rings. The second-order valence-corrected chi connectivity index (χ2v) is 5.45. The maximum Gasteiger partial charge on any atom is 0.288 e. The number of carbonyl (C=O) groups is 1. The summed E-state index contributed by atoms with van der Waals surface area (Å²) in [6.07, 6.45) is 0. The van der Waals surface area contributed by atoms with Gasteiger partial charge in [0, 0.05) is 18.3 Å². The van der Waals surface area contributed by atoms with E-state index in [1.807, 2.05) is 49.7 Å². The lowest BCUT2D eigenvalue weighted by molar-refractivity contribution is 0.0953. The fourth-order valence-corrected chi connectivity index (χ4v) is 2.48. The van der Waals surface area contributed by atoms with Gasteiger partial charge in [-0.3, -0.25) is 9.89 Å². The Labute approximate surface area is 133 Å². The maximum atomic E-state index is 11.7. The number of aryl methyl sites for hydroxylation is 3.